The van der Waals surface area contributed by atoms with Crippen molar-refractivity contribution in [2.75, 3.05) is 6.67 Å². The zero-order valence-corrected chi connectivity index (χ0v) is 8.15. The summed E-state index contributed by atoms with van der Waals surface area (Å²) >= 11 is 0. The Morgan fingerprint density at radius 2 is 1.92 bits per heavy atom. The van der Waals surface area contributed by atoms with Crippen molar-refractivity contribution in [2.24, 2.45) is 5.92 Å². The molecular weight excluding hydrogens is 153 g/mol. The zero-order valence-electron chi connectivity index (χ0n) is 8.15. The van der Waals surface area contributed by atoms with E-state index in [0.29, 0.717) is 12.0 Å². The van der Waals surface area contributed by atoms with Gasteiger partial charge in [0.05, 0.1) is 0 Å². The van der Waals surface area contributed by atoms with E-state index in [1.54, 1.807) is 0 Å². The Labute approximate surface area is 74.7 Å². The summed E-state index contributed by atoms with van der Waals surface area (Å²) in [7, 11) is 0. The molecule has 1 nitrogen and oxygen atoms in total. The average molecular weight is 173 g/mol. The van der Waals surface area contributed by atoms with Crippen LogP contribution >= 0.6 is 0 Å². The molecular formula is C10H20FN. The topological polar surface area (TPSA) is 12.0 Å². The zero-order chi connectivity index (χ0) is 8.97. The van der Waals surface area contributed by atoms with E-state index < -0.39 is 0 Å². The summed E-state index contributed by atoms with van der Waals surface area (Å²) < 4.78 is 12.6. The van der Waals surface area contributed by atoms with Crippen LogP contribution in [-0.2, 0) is 0 Å². The van der Waals surface area contributed by atoms with Crippen molar-refractivity contribution < 1.29 is 4.39 Å². The van der Waals surface area contributed by atoms with E-state index in [1.165, 1.54) is 25.7 Å². The largest absolute Gasteiger partial charge is 0.309 e. The van der Waals surface area contributed by atoms with Crippen LogP contribution in [0.2, 0.25) is 0 Å². The SMILES string of the molecule is CC(C)NC(CF)C1CCCC1. The highest BCUT2D eigenvalue weighted by atomic mass is 19.1. The third-order valence-electron chi connectivity index (χ3n) is 2.68. The van der Waals surface area contributed by atoms with Crippen LogP contribution in [0.5, 0.6) is 0 Å². The smallest absolute Gasteiger partial charge is 0.105 e. The predicted octanol–water partition coefficient (Wildman–Crippen LogP) is 2.51. The normalized spacial score (nSPS) is 22.0. The van der Waals surface area contributed by atoms with Gasteiger partial charge < -0.3 is 5.32 Å². The number of hydrogen-bond acceptors (Lipinski definition) is 1. The summed E-state index contributed by atoms with van der Waals surface area (Å²) in [4.78, 5) is 0. The number of alkyl halides is 1. The second kappa shape index (κ2) is 4.80. The first-order chi connectivity index (χ1) is 5.74. The van der Waals surface area contributed by atoms with Gasteiger partial charge in [-0.1, -0.05) is 26.7 Å². The molecule has 0 aromatic heterocycles. The summed E-state index contributed by atoms with van der Waals surface area (Å²) in [5, 5.41) is 3.30. The molecule has 0 spiro atoms. The fraction of sp³-hybridized carbons (Fsp3) is 1.00. The minimum absolute atomic E-state index is 0.118. The Kier molecular flexibility index (Phi) is 3.99. The number of nitrogens with one attached hydrogen (secondary N) is 1. The molecule has 0 heterocycles. The van der Waals surface area contributed by atoms with E-state index in [4.69, 9.17) is 0 Å². The molecule has 1 unspecified atom stereocenters. The molecule has 2 heteroatoms. The van der Waals surface area contributed by atoms with Gasteiger partial charge in [0, 0.05) is 12.1 Å². The Balaban J connectivity index is 2.32. The molecule has 1 fully saturated rings. The van der Waals surface area contributed by atoms with Crippen molar-refractivity contribution in [3.63, 3.8) is 0 Å². The van der Waals surface area contributed by atoms with Crippen LogP contribution < -0.4 is 5.32 Å². The fourth-order valence-corrected chi connectivity index (χ4v) is 2.09. The molecule has 12 heavy (non-hydrogen) atoms. The van der Waals surface area contributed by atoms with Gasteiger partial charge in [-0.2, -0.15) is 0 Å². The molecule has 0 amide bonds. The molecule has 0 aliphatic heterocycles. The van der Waals surface area contributed by atoms with Crippen LogP contribution in [-0.4, -0.2) is 18.8 Å². The van der Waals surface area contributed by atoms with E-state index >= 15 is 0 Å². The highest BCUT2D eigenvalue weighted by Gasteiger charge is 2.24. The second-order valence-electron chi connectivity index (χ2n) is 4.13. The van der Waals surface area contributed by atoms with E-state index in [-0.39, 0.29) is 12.7 Å². The van der Waals surface area contributed by atoms with Crippen molar-refractivity contribution in [1.82, 2.24) is 5.32 Å². The lowest BCUT2D eigenvalue weighted by Gasteiger charge is -2.23. The molecule has 0 saturated heterocycles. The fourth-order valence-electron chi connectivity index (χ4n) is 2.09. The predicted molar refractivity (Wildman–Crippen MR) is 50.0 cm³/mol. The van der Waals surface area contributed by atoms with Crippen LogP contribution in [0.4, 0.5) is 4.39 Å². The first-order valence-electron chi connectivity index (χ1n) is 5.06. The van der Waals surface area contributed by atoms with Gasteiger partial charge in [0.25, 0.3) is 0 Å². The van der Waals surface area contributed by atoms with Crippen molar-refractivity contribution >= 4 is 0 Å². The second-order valence-corrected chi connectivity index (χ2v) is 4.13. The summed E-state index contributed by atoms with van der Waals surface area (Å²) in [6.45, 7) is 3.96. The van der Waals surface area contributed by atoms with Crippen LogP contribution in [0, 0.1) is 5.92 Å². The third-order valence-corrected chi connectivity index (χ3v) is 2.68. The molecule has 1 atom stereocenters. The van der Waals surface area contributed by atoms with Crippen molar-refractivity contribution in [2.45, 2.75) is 51.6 Å². The monoisotopic (exact) mass is 173 g/mol. The standard InChI is InChI=1S/C10H20FN/c1-8(2)12-10(7-11)9-5-3-4-6-9/h8-10,12H,3-7H2,1-2H3. The molecule has 0 bridgehead atoms. The van der Waals surface area contributed by atoms with E-state index in [0.717, 1.165) is 0 Å². The van der Waals surface area contributed by atoms with Crippen LogP contribution in [0.15, 0.2) is 0 Å². The van der Waals surface area contributed by atoms with Gasteiger partial charge in [-0.25, -0.2) is 4.39 Å². The van der Waals surface area contributed by atoms with E-state index in [9.17, 15) is 4.39 Å². The van der Waals surface area contributed by atoms with Crippen LogP contribution in [0.3, 0.4) is 0 Å². The average Bonchev–Trinajstić information content (AvgIpc) is 2.51. The first-order valence-corrected chi connectivity index (χ1v) is 5.06. The summed E-state index contributed by atoms with van der Waals surface area (Å²) in [5.41, 5.74) is 0. The lowest BCUT2D eigenvalue weighted by atomic mass is 9.98. The van der Waals surface area contributed by atoms with Gasteiger partial charge in [-0.05, 0) is 18.8 Å². The van der Waals surface area contributed by atoms with E-state index in [1.807, 2.05) is 0 Å². The summed E-state index contributed by atoms with van der Waals surface area (Å²) in [6, 6.07) is 0.527. The lowest BCUT2D eigenvalue weighted by molar-refractivity contribution is 0.272. The minimum atomic E-state index is -0.206. The van der Waals surface area contributed by atoms with Crippen LogP contribution in [0.25, 0.3) is 0 Å². The van der Waals surface area contributed by atoms with Gasteiger partial charge in [0.2, 0.25) is 0 Å². The molecule has 1 rings (SSSR count). The van der Waals surface area contributed by atoms with Gasteiger partial charge in [0.15, 0.2) is 0 Å². The summed E-state index contributed by atoms with van der Waals surface area (Å²) in [6.07, 6.45) is 5.02. The Hall–Kier alpha value is -0.110. The Morgan fingerprint density at radius 3 is 2.33 bits per heavy atom. The van der Waals surface area contributed by atoms with Gasteiger partial charge in [-0.15, -0.1) is 0 Å². The molecule has 1 aliphatic carbocycles. The maximum Gasteiger partial charge on any atom is 0.105 e. The van der Waals surface area contributed by atoms with Crippen LogP contribution in [0.1, 0.15) is 39.5 Å². The first kappa shape index (κ1) is 9.97. The highest BCUT2D eigenvalue weighted by molar-refractivity contribution is 4.81. The quantitative estimate of drug-likeness (QED) is 0.688. The molecule has 72 valence electrons. The maximum absolute atomic E-state index is 12.6. The maximum atomic E-state index is 12.6. The molecule has 1 N–H and O–H groups in total. The molecule has 1 saturated carbocycles. The number of halogens is 1. The molecule has 1 aliphatic rings. The van der Waals surface area contributed by atoms with Crippen molar-refractivity contribution in [3.8, 4) is 0 Å². The minimum Gasteiger partial charge on any atom is -0.309 e. The molecule has 0 aromatic carbocycles. The van der Waals surface area contributed by atoms with Gasteiger partial charge >= 0.3 is 0 Å². The lowest BCUT2D eigenvalue weighted by Crippen LogP contribution is -2.41. The van der Waals surface area contributed by atoms with E-state index in [2.05, 4.69) is 19.2 Å². The third kappa shape index (κ3) is 2.74. The van der Waals surface area contributed by atoms with Gasteiger partial charge in [0.1, 0.15) is 6.67 Å². The Bertz CT molecular complexity index is 119. The summed E-state index contributed by atoms with van der Waals surface area (Å²) in [5.74, 6) is 0.595. The highest BCUT2D eigenvalue weighted by Crippen LogP contribution is 2.28. The van der Waals surface area contributed by atoms with Gasteiger partial charge in [-0.3, -0.25) is 0 Å². The number of rotatable bonds is 4. The van der Waals surface area contributed by atoms with Crippen molar-refractivity contribution in [1.29, 1.82) is 0 Å². The van der Waals surface area contributed by atoms with Crippen molar-refractivity contribution in [3.05, 3.63) is 0 Å². The molecule has 0 radical (unpaired) electrons. The number of hydrogen-bond donors (Lipinski definition) is 1. The molecule has 0 aromatic rings. The Morgan fingerprint density at radius 1 is 1.33 bits per heavy atom.